The number of hydrazine groups is 1. The van der Waals surface area contributed by atoms with E-state index >= 15 is 0 Å². The van der Waals surface area contributed by atoms with Crippen LogP contribution in [0.25, 0.3) is 0 Å². The lowest BCUT2D eigenvalue weighted by molar-refractivity contribution is -0.384. The van der Waals surface area contributed by atoms with Gasteiger partial charge in [0.1, 0.15) is 0 Å². The minimum Gasteiger partial charge on any atom is -0.378 e. The third kappa shape index (κ3) is 3.37. The average molecular weight is 280 g/mol. The minimum absolute atomic E-state index is 0.0439. The maximum absolute atomic E-state index is 10.9. The summed E-state index contributed by atoms with van der Waals surface area (Å²) < 4.78 is 5.61. The zero-order chi connectivity index (χ0) is 14.5. The summed E-state index contributed by atoms with van der Waals surface area (Å²) in [5, 5.41) is 10.9. The number of nitrogen functional groups attached to an aromatic ring is 1. The van der Waals surface area contributed by atoms with Gasteiger partial charge >= 0.3 is 0 Å². The van der Waals surface area contributed by atoms with Crippen LogP contribution >= 0.6 is 0 Å². The first-order valence-electron chi connectivity index (χ1n) is 6.76. The van der Waals surface area contributed by atoms with E-state index < -0.39 is 4.92 Å². The van der Waals surface area contributed by atoms with Crippen molar-refractivity contribution in [1.29, 1.82) is 0 Å². The zero-order valence-corrected chi connectivity index (χ0v) is 11.5. The molecule has 1 heterocycles. The van der Waals surface area contributed by atoms with E-state index in [0.717, 1.165) is 38.2 Å². The van der Waals surface area contributed by atoms with Gasteiger partial charge in [-0.1, -0.05) is 0 Å². The number of nitrogens with zero attached hydrogens (tertiary/aromatic N) is 2. The number of anilines is 2. The highest BCUT2D eigenvalue weighted by Gasteiger charge is 2.21. The molecule has 1 aromatic rings. The highest BCUT2D eigenvalue weighted by Crippen LogP contribution is 2.29. The average Bonchev–Trinajstić information content (AvgIpc) is 2.47. The fourth-order valence-corrected chi connectivity index (χ4v) is 2.48. The predicted molar refractivity (Wildman–Crippen MR) is 77.8 cm³/mol. The van der Waals surface area contributed by atoms with Crippen LogP contribution in [-0.4, -0.2) is 30.7 Å². The molecular weight excluding hydrogens is 260 g/mol. The summed E-state index contributed by atoms with van der Waals surface area (Å²) in [6, 6.07) is 4.84. The van der Waals surface area contributed by atoms with Crippen LogP contribution in [-0.2, 0) is 4.74 Å². The number of benzene rings is 1. The van der Waals surface area contributed by atoms with E-state index in [4.69, 9.17) is 10.6 Å². The molecule has 0 aliphatic carbocycles. The maximum Gasteiger partial charge on any atom is 0.273 e. The molecule has 0 atom stereocenters. The Hall–Kier alpha value is -1.86. The zero-order valence-electron chi connectivity index (χ0n) is 11.5. The largest absolute Gasteiger partial charge is 0.378 e. The first-order chi connectivity index (χ1) is 9.63. The molecule has 0 spiro atoms. The van der Waals surface area contributed by atoms with Gasteiger partial charge in [0.25, 0.3) is 5.69 Å². The van der Waals surface area contributed by atoms with E-state index in [1.54, 1.807) is 6.07 Å². The number of piperidine rings is 1. The SMILES string of the molecule is CCOC1CCN(c2cc(NN)cc([N+](=O)[O-])c2)CC1. The van der Waals surface area contributed by atoms with Crippen LogP contribution in [0.15, 0.2) is 18.2 Å². The van der Waals surface area contributed by atoms with Crippen molar-refractivity contribution in [1.82, 2.24) is 0 Å². The van der Waals surface area contributed by atoms with Crippen molar-refractivity contribution >= 4 is 17.1 Å². The maximum atomic E-state index is 10.9. The lowest BCUT2D eigenvalue weighted by Gasteiger charge is -2.33. The standard InChI is InChI=1S/C13H20N4O3/c1-2-20-13-3-5-16(6-4-13)11-7-10(15-14)8-12(9-11)17(18)19/h7-9,13,15H,2-6,14H2,1H3. The molecule has 20 heavy (non-hydrogen) atoms. The molecule has 0 unspecified atom stereocenters. The van der Waals surface area contributed by atoms with Crippen molar-refractivity contribution in [3.63, 3.8) is 0 Å². The van der Waals surface area contributed by atoms with Crippen molar-refractivity contribution in [3.05, 3.63) is 28.3 Å². The van der Waals surface area contributed by atoms with Crippen molar-refractivity contribution in [2.75, 3.05) is 30.0 Å². The summed E-state index contributed by atoms with van der Waals surface area (Å²) in [6.07, 6.45) is 2.16. The van der Waals surface area contributed by atoms with Crippen molar-refractivity contribution in [2.45, 2.75) is 25.9 Å². The molecule has 3 N–H and O–H groups in total. The highest BCUT2D eigenvalue weighted by atomic mass is 16.6. The molecular formula is C13H20N4O3. The highest BCUT2D eigenvalue weighted by molar-refractivity contribution is 5.64. The monoisotopic (exact) mass is 280 g/mol. The number of ether oxygens (including phenoxy) is 1. The Kier molecular flexibility index (Phi) is 4.75. The molecule has 110 valence electrons. The molecule has 0 bridgehead atoms. The number of nitro groups is 1. The Labute approximate surface area is 117 Å². The first-order valence-corrected chi connectivity index (χ1v) is 6.76. The van der Waals surface area contributed by atoms with E-state index in [0.29, 0.717) is 11.8 Å². The van der Waals surface area contributed by atoms with Gasteiger partial charge in [-0.2, -0.15) is 0 Å². The second-order valence-electron chi connectivity index (χ2n) is 4.78. The van der Waals surface area contributed by atoms with Crippen molar-refractivity contribution in [3.8, 4) is 0 Å². The van der Waals surface area contributed by atoms with E-state index in [1.807, 2.05) is 13.0 Å². The van der Waals surface area contributed by atoms with Crippen molar-refractivity contribution < 1.29 is 9.66 Å². The molecule has 2 rings (SSSR count). The molecule has 7 nitrogen and oxygen atoms in total. The van der Waals surface area contributed by atoms with E-state index in [1.165, 1.54) is 6.07 Å². The predicted octanol–water partition coefficient (Wildman–Crippen LogP) is 1.89. The molecule has 0 aromatic heterocycles. The second kappa shape index (κ2) is 6.53. The Morgan fingerprint density at radius 1 is 1.45 bits per heavy atom. The van der Waals surface area contributed by atoms with Gasteiger partial charge in [0.05, 0.1) is 16.7 Å². The lowest BCUT2D eigenvalue weighted by atomic mass is 10.1. The van der Waals surface area contributed by atoms with Gasteiger partial charge in [-0.05, 0) is 25.8 Å². The van der Waals surface area contributed by atoms with Gasteiger partial charge in [-0.15, -0.1) is 0 Å². The van der Waals surface area contributed by atoms with Crippen LogP contribution < -0.4 is 16.2 Å². The van der Waals surface area contributed by atoms with E-state index in [2.05, 4.69) is 10.3 Å². The molecule has 7 heteroatoms. The van der Waals surface area contributed by atoms with Gasteiger partial charge in [0.15, 0.2) is 0 Å². The van der Waals surface area contributed by atoms with Crippen molar-refractivity contribution in [2.24, 2.45) is 5.84 Å². The van der Waals surface area contributed by atoms with E-state index in [9.17, 15) is 10.1 Å². The third-order valence-electron chi connectivity index (χ3n) is 3.49. The number of hydrogen-bond acceptors (Lipinski definition) is 6. The molecule has 0 amide bonds. The lowest BCUT2D eigenvalue weighted by Crippen LogP contribution is -2.37. The number of nitro benzene ring substituents is 1. The van der Waals surface area contributed by atoms with Crippen LogP contribution in [0.1, 0.15) is 19.8 Å². The summed E-state index contributed by atoms with van der Waals surface area (Å²) in [5.74, 6) is 5.37. The molecule has 1 aliphatic rings. The summed E-state index contributed by atoms with van der Waals surface area (Å²) in [4.78, 5) is 12.7. The number of nitrogens with two attached hydrogens (primary N) is 1. The minimum atomic E-state index is -0.405. The third-order valence-corrected chi connectivity index (χ3v) is 3.49. The molecule has 0 radical (unpaired) electrons. The number of non-ortho nitro benzene ring substituents is 1. The quantitative estimate of drug-likeness (QED) is 0.486. The molecule has 0 saturated carbocycles. The first kappa shape index (κ1) is 14.5. The Morgan fingerprint density at radius 2 is 2.15 bits per heavy atom. The molecule has 1 aliphatic heterocycles. The normalized spacial score (nSPS) is 16.2. The van der Waals surface area contributed by atoms with Gasteiger partial charge < -0.3 is 15.1 Å². The van der Waals surface area contributed by atoms with Crippen LogP contribution in [0.5, 0.6) is 0 Å². The second-order valence-corrected chi connectivity index (χ2v) is 4.78. The molecule has 1 fully saturated rings. The smallest absolute Gasteiger partial charge is 0.273 e. The summed E-state index contributed by atoms with van der Waals surface area (Å²) in [6.45, 7) is 4.38. The Balaban J connectivity index is 2.12. The number of nitrogens with one attached hydrogen (secondary N) is 1. The fraction of sp³-hybridized carbons (Fsp3) is 0.538. The molecule has 1 saturated heterocycles. The van der Waals surface area contributed by atoms with Crippen LogP contribution in [0.4, 0.5) is 17.1 Å². The van der Waals surface area contributed by atoms with Crippen LogP contribution in [0.2, 0.25) is 0 Å². The summed E-state index contributed by atoms with van der Waals surface area (Å²) >= 11 is 0. The topological polar surface area (TPSA) is 93.7 Å². The van der Waals surface area contributed by atoms with Gasteiger partial charge in [-0.3, -0.25) is 16.0 Å². The van der Waals surface area contributed by atoms with E-state index in [-0.39, 0.29) is 5.69 Å². The Bertz CT molecular complexity index is 473. The Morgan fingerprint density at radius 3 is 2.70 bits per heavy atom. The van der Waals surface area contributed by atoms with Gasteiger partial charge in [0, 0.05) is 37.5 Å². The fourth-order valence-electron chi connectivity index (χ4n) is 2.48. The number of hydrogen-bond donors (Lipinski definition) is 2. The molecule has 1 aromatic carbocycles. The van der Waals surface area contributed by atoms with Crippen LogP contribution in [0.3, 0.4) is 0 Å². The summed E-state index contributed by atoms with van der Waals surface area (Å²) in [5.41, 5.74) is 3.88. The van der Waals surface area contributed by atoms with Gasteiger partial charge in [0.2, 0.25) is 0 Å². The summed E-state index contributed by atoms with van der Waals surface area (Å²) in [7, 11) is 0. The van der Waals surface area contributed by atoms with Gasteiger partial charge in [-0.25, -0.2) is 0 Å². The number of rotatable bonds is 5. The van der Waals surface area contributed by atoms with Crippen LogP contribution in [0, 0.1) is 10.1 Å².